The Morgan fingerprint density at radius 3 is 2.79 bits per heavy atom. The lowest BCUT2D eigenvalue weighted by atomic mass is 10.1. The molecule has 4 nitrogen and oxygen atoms in total. The molecule has 0 aliphatic heterocycles. The van der Waals surface area contributed by atoms with Gasteiger partial charge in [0.1, 0.15) is 5.69 Å². The van der Waals surface area contributed by atoms with Crippen molar-refractivity contribution in [2.45, 2.75) is 6.42 Å². The van der Waals surface area contributed by atoms with Gasteiger partial charge in [0, 0.05) is 6.42 Å². The fraction of sp³-hybridized carbons (Fsp3) is 0.0714. The molecule has 94 valence electrons. The first-order valence-electron chi connectivity index (χ1n) is 5.85. The second kappa shape index (κ2) is 5.16. The summed E-state index contributed by atoms with van der Waals surface area (Å²) in [6, 6.07) is 11.5. The summed E-state index contributed by atoms with van der Waals surface area (Å²) in [5.74, 6) is 0.0206. The van der Waals surface area contributed by atoms with Crippen molar-refractivity contribution in [2.24, 2.45) is 0 Å². The van der Waals surface area contributed by atoms with Gasteiger partial charge in [0.2, 0.25) is 0 Å². The Hall–Kier alpha value is -2.27. The van der Waals surface area contributed by atoms with Crippen LogP contribution in [0.4, 0.5) is 0 Å². The molecule has 0 spiro atoms. The van der Waals surface area contributed by atoms with Gasteiger partial charge in [-0.2, -0.15) is 11.3 Å². The van der Waals surface area contributed by atoms with E-state index < -0.39 is 0 Å². The summed E-state index contributed by atoms with van der Waals surface area (Å²) in [5, 5.41) is 11.8. The van der Waals surface area contributed by atoms with Gasteiger partial charge in [-0.1, -0.05) is 23.4 Å². The Morgan fingerprint density at radius 1 is 1.21 bits per heavy atom. The summed E-state index contributed by atoms with van der Waals surface area (Å²) in [5.41, 5.74) is 2.38. The third kappa shape index (κ3) is 2.46. The number of rotatable bonds is 4. The van der Waals surface area contributed by atoms with Gasteiger partial charge < -0.3 is 0 Å². The zero-order valence-corrected chi connectivity index (χ0v) is 10.9. The molecule has 0 saturated carbocycles. The third-order valence-corrected chi connectivity index (χ3v) is 3.51. The van der Waals surface area contributed by atoms with E-state index in [9.17, 15) is 4.79 Å². The lowest BCUT2D eigenvalue weighted by Gasteiger charge is -2.04. The topological polar surface area (TPSA) is 47.8 Å². The van der Waals surface area contributed by atoms with Crippen LogP contribution in [0.1, 0.15) is 16.1 Å². The maximum Gasteiger partial charge on any atom is 0.187 e. The van der Waals surface area contributed by atoms with Crippen LogP contribution in [0, 0.1) is 0 Å². The number of carbonyl (C=O) groups is 1. The number of aromatic nitrogens is 3. The van der Waals surface area contributed by atoms with E-state index in [1.807, 2.05) is 47.2 Å². The van der Waals surface area contributed by atoms with Crippen molar-refractivity contribution >= 4 is 17.1 Å². The van der Waals surface area contributed by atoms with Crippen LogP contribution in [0.5, 0.6) is 0 Å². The predicted molar refractivity (Wildman–Crippen MR) is 73.7 cm³/mol. The molecule has 0 aliphatic rings. The van der Waals surface area contributed by atoms with E-state index in [1.54, 1.807) is 16.0 Å². The molecule has 0 atom stereocenters. The molecule has 3 aromatic rings. The molecule has 3 rings (SSSR count). The first-order chi connectivity index (χ1) is 9.34. The summed E-state index contributed by atoms with van der Waals surface area (Å²) in [7, 11) is 0. The molecule has 0 radical (unpaired) electrons. The first kappa shape index (κ1) is 11.8. The van der Waals surface area contributed by atoms with Crippen LogP contribution in [0.2, 0.25) is 0 Å². The van der Waals surface area contributed by atoms with E-state index >= 15 is 0 Å². The number of Topliss-reactive ketones (excluding diaryl/α,β-unsaturated/α-hetero) is 1. The molecule has 0 fully saturated rings. The minimum absolute atomic E-state index is 0.0206. The number of nitrogens with zero attached hydrogens (tertiary/aromatic N) is 3. The van der Waals surface area contributed by atoms with Gasteiger partial charge >= 0.3 is 0 Å². The number of carbonyl (C=O) groups excluding carboxylic acids is 1. The summed E-state index contributed by atoms with van der Waals surface area (Å²) in [4.78, 5) is 12.3. The van der Waals surface area contributed by atoms with Crippen molar-refractivity contribution in [2.75, 3.05) is 0 Å². The molecule has 0 bridgehead atoms. The molecular formula is C14H11N3OS. The van der Waals surface area contributed by atoms with Gasteiger partial charge in [0.05, 0.1) is 11.9 Å². The number of benzene rings is 1. The van der Waals surface area contributed by atoms with Crippen molar-refractivity contribution in [3.63, 3.8) is 0 Å². The molecule has 19 heavy (non-hydrogen) atoms. The van der Waals surface area contributed by atoms with E-state index in [-0.39, 0.29) is 5.78 Å². The Morgan fingerprint density at radius 2 is 2.05 bits per heavy atom. The summed E-state index contributed by atoms with van der Waals surface area (Å²) < 4.78 is 1.58. The SMILES string of the molecule is O=C(Cc1ccsc1)c1cnnn1-c1ccccc1. The molecule has 5 heteroatoms. The van der Waals surface area contributed by atoms with Gasteiger partial charge in [-0.15, -0.1) is 5.10 Å². The van der Waals surface area contributed by atoms with E-state index in [0.29, 0.717) is 12.1 Å². The van der Waals surface area contributed by atoms with E-state index in [4.69, 9.17) is 0 Å². The Kier molecular flexibility index (Phi) is 3.20. The fourth-order valence-electron chi connectivity index (χ4n) is 1.85. The number of hydrogen-bond acceptors (Lipinski definition) is 4. The van der Waals surface area contributed by atoms with Crippen molar-refractivity contribution < 1.29 is 4.79 Å². The lowest BCUT2D eigenvalue weighted by Crippen LogP contribution is -2.10. The van der Waals surface area contributed by atoms with E-state index in [2.05, 4.69) is 10.3 Å². The number of thiophene rings is 1. The Labute approximate surface area is 114 Å². The Balaban J connectivity index is 1.90. The van der Waals surface area contributed by atoms with Crippen LogP contribution in [0.3, 0.4) is 0 Å². The highest BCUT2D eigenvalue weighted by Crippen LogP contribution is 2.13. The monoisotopic (exact) mass is 269 g/mol. The third-order valence-electron chi connectivity index (χ3n) is 2.78. The van der Waals surface area contributed by atoms with Crippen molar-refractivity contribution in [1.82, 2.24) is 15.0 Å². The van der Waals surface area contributed by atoms with Crippen LogP contribution in [0.25, 0.3) is 5.69 Å². The fourth-order valence-corrected chi connectivity index (χ4v) is 2.52. The summed E-state index contributed by atoms with van der Waals surface area (Å²) in [6.45, 7) is 0. The minimum atomic E-state index is 0.0206. The number of para-hydroxylation sites is 1. The standard InChI is InChI=1S/C14H11N3OS/c18-14(8-11-6-7-19-10-11)13-9-15-16-17(13)12-4-2-1-3-5-12/h1-7,9-10H,8H2. The quantitative estimate of drug-likeness (QED) is 0.684. The zero-order valence-electron chi connectivity index (χ0n) is 10.1. The highest BCUT2D eigenvalue weighted by molar-refractivity contribution is 7.08. The summed E-state index contributed by atoms with van der Waals surface area (Å²) >= 11 is 1.59. The maximum atomic E-state index is 12.3. The van der Waals surface area contributed by atoms with Crippen LogP contribution >= 0.6 is 11.3 Å². The second-order valence-corrected chi connectivity index (χ2v) is 4.88. The van der Waals surface area contributed by atoms with Gasteiger partial charge in [-0.25, -0.2) is 4.68 Å². The number of hydrogen-bond donors (Lipinski definition) is 0. The number of ketones is 1. The maximum absolute atomic E-state index is 12.3. The van der Waals surface area contributed by atoms with E-state index in [1.165, 1.54) is 6.20 Å². The smallest absolute Gasteiger partial charge is 0.187 e. The largest absolute Gasteiger partial charge is 0.292 e. The molecule has 0 N–H and O–H groups in total. The normalized spacial score (nSPS) is 10.5. The van der Waals surface area contributed by atoms with E-state index in [0.717, 1.165) is 11.3 Å². The minimum Gasteiger partial charge on any atom is -0.292 e. The highest BCUT2D eigenvalue weighted by Gasteiger charge is 2.15. The first-order valence-corrected chi connectivity index (χ1v) is 6.79. The van der Waals surface area contributed by atoms with Gasteiger partial charge in [0.25, 0.3) is 0 Å². The highest BCUT2D eigenvalue weighted by atomic mass is 32.1. The van der Waals surface area contributed by atoms with Gasteiger partial charge in [-0.05, 0) is 34.5 Å². The molecule has 0 saturated heterocycles. The molecule has 1 aromatic carbocycles. The van der Waals surface area contributed by atoms with Crippen LogP contribution in [-0.4, -0.2) is 20.8 Å². The summed E-state index contributed by atoms with van der Waals surface area (Å²) in [6.07, 6.45) is 1.89. The molecule has 2 aromatic heterocycles. The molecule has 0 aliphatic carbocycles. The van der Waals surface area contributed by atoms with Crippen LogP contribution in [-0.2, 0) is 6.42 Å². The molecule has 0 amide bonds. The van der Waals surface area contributed by atoms with Crippen molar-refractivity contribution in [3.05, 3.63) is 64.6 Å². The predicted octanol–water partition coefficient (Wildman–Crippen LogP) is 2.75. The van der Waals surface area contributed by atoms with Crippen LogP contribution < -0.4 is 0 Å². The van der Waals surface area contributed by atoms with Crippen molar-refractivity contribution in [1.29, 1.82) is 0 Å². The zero-order chi connectivity index (χ0) is 13.1. The van der Waals surface area contributed by atoms with Gasteiger partial charge in [0.15, 0.2) is 5.78 Å². The molecule has 0 unspecified atom stereocenters. The Bertz CT molecular complexity index is 674. The van der Waals surface area contributed by atoms with Crippen molar-refractivity contribution in [3.8, 4) is 5.69 Å². The second-order valence-electron chi connectivity index (χ2n) is 4.10. The average molecular weight is 269 g/mol. The van der Waals surface area contributed by atoms with Gasteiger partial charge in [-0.3, -0.25) is 4.79 Å². The molecular weight excluding hydrogens is 258 g/mol. The average Bonchev–Trinajstić information content (AvgIpc) is 3.10. The molecule has 2 heterocycles. The van der Waals surface area contributed by atoms with Crippen LogP contribution in [0.15, 0.2) is 53.4 Å². The lowest BCUT2D eigenvalue weighted by molar-refractivity contribution is 0.0985.